The molecule has 0 saturated carbocycles. The summed E-state index contributed by atoms with van der Waals surface area (Å²) in [6, 6.07) is 10.3. The van der Waals surface area contributed by atoms with Crippen LogP contribution < -0.4 is 5.32 Å². The van der Waals surface area contributed by atoms with Crippen molar-refractivity contribution in [1.29, 1.82) is 0 Å². The van der Waals surface area contributed by atoms with Gasteiger partial charge in [0.15, 0.2) is 0 Å². The second kappa shape index (κ2) is 9.82. The van der Waals surface area contributed by atoms with Gasteiger partial charge in [0, 0.05) is 45.2 Å². The van der Waals surface area contributed by atoms with Crippen molar-refractivity contribution in [2.75, 3.05) is 38.0 Å². The van der Waals surface area contributed by atoms with Gasteiger partial charge in [-0.3, -0.25) is 14.9 Å². The fourth-order valence-corrected chi connectivity index (χ4v) is 5.02. The number of carbonyl (C=O) groups is 1. The molecule has 3 rings (SSSR count). The third-order valence-corrected chi connectivity index (χ3v) is 7.51. The van der Waals surface area contributed by atoms with Crippen molar-refractivity contribution < 1.29 is 18.1 Å². The first-order valence-electron chi connectivity index (χ1n) is 9.40. The quantitative estimate of drug-likeness (QED) is 0.474. The van der Waals surface area contributed by atoms with Gasteiger partial charge in [-0.1, -0.05) is 35.3 Å². The maximum Gasteiger partial charge on any atom is 0.292 e. The highest BCUT2D eigenvalue weighted by Gasteiger charge is 2.30. The summed E-state index contributed by atoms with van der Waals surface area (Å²) in [7, 11) is -3.74. The minimum atomic E-state index is -3.74. The fraction of sp³-hybridized carbons (Fsp3) is 0.316. The van der Waals surface area contributed by atoms with Crippen LogP contribution in [0.2, 0.25) is 10.0 Å². The van der Waals surface area contributed by atoms with Crippen LogP contribution in [0.3, 0.4) is 0 Å². The van der Waals surface area contributed by atoms with Crippen molar-refractivity contribution in [2.45, 2.75) is 11.3 Å². The molecule has 9 nitrogen and oxygen atoms in total. The van der Waals surface area contributed by atoms with Crippen LogP contribution in [-0.4, -0.2) is 61.2 Å². The molecule has 166 valence electrons. The van der Waals surface area contributed by atoms with E-state index in [9.17, 15) is 23.3 Å². The zero-order valence-corrected chi connectivity index (χ0v) is 18.7. The predicted octanol–water partition coefficient (Wildman–Crippen LogP) is 3.24. The van der Waals surface area contributed by atoms with E-state index in [0.29, 0.717) is 5.69 Å². The lowest BCUT2D eigenvalue weighted by atomic mass is 10.2. The number of piperazine rings is 1. The largest absolute Gasteiger partial charge is 0.379 e. The second-order valence-corrected chi connectivity index (χ2v) is 9.56. The van der Waals surface area contributed by atoms with E-state index < -0.39 is 14.9 Å². The molecule has 0 atom stereocenters. The van der Waals surface area contributed by atoms with Gasteiger partial charge < -0.3 is 10.2 Å². The van der Waals surface area contributed by atoms with Crippen LogP contribution in [0, 0.1) is 10.1 Å². The van der Waals surface area contributed by atoms with Crippen molar-refractivity contribution in [3.63, 3.8) is 0 Å². The van der Waals surface area contributed by atoms with E-state index in [1.54, 1.807) is 23.1 Å². The summed E-state index contributed by atoms with van der Waals surface area (Å²) in [5, 5.41) is 14.4. The number of carbonyl (C=O) groups excluding carboxylic acids is 1. The molecule has 1 aliphatic heterocycles. The molecule has 12 heteroatoms. The van der Waals surface area contributed by atoms with Crippen LogP contribution in [0.15, 0.2) is 47.4 Å². The molecular weight excluding hydrogens is 467 g/mol. The number of anilines is 1. The molecule has 1 aliphatic rings. The molecule has 0 aliphatic carbocycles. The third kappa shape index (κ3) is 5.45. The zero-order valence-electron chi connectivity index (χ0n) is 16.3. The van der Waals surface area contributed by atoms with Crippen LogP contribution in [0.4, 0.5) is 11.4 Å². The number of halogens is 2. The molecule has 2 aromatic rings. The Balaban J connectivity index is 1.53. The molecule has 0 bridgehead atoms. The Labute approximate surface area is 189 Å². The first-order valence-corrected chi connectivity index (χ1v) is 11.6. The molecular formula is C19H20Cl2N4O5S. The van der Waals surface area contributed by atoms with Gasteiger partial charge in [0.05, 0.1) is 19.9 Å². The Bertz CT molecular complexity index is 1090. The molecule has 0 spiro atoms. The van der Waals surface area contributed by atoms with Gasteiger partial charge >= 0.3 is 0 Å². The normalized spacial score (nSPS) is 15.0. The van der Waals surface area contributed by atoms with Gasteiger partial charge in [-0.25, -0.2) is 8.42 Å². The maximum atomic E-state index is 12.8. The van der Waals surface area contributed by atoms with Crippen molar-refractivity contribution in [2.24, 2.45) is 0 Å². The Morgan fingerprint density at radius 3 is 2.39 bits per heavy atom. The van der Waals surface area contributed by atoms with Gasteiger partial charge in [-0.05, 0) is 24.3 Å². The Kier molecular flexibility index (Phi) is 7.37. The van der Waals surface area contributed by atoms with Crippen molar-refractivity contribution >= 4 is 50.5 Å². The SMILES string of the molecule is O=C(CCNc1ccccc1[N+](=O)[O-])N1CCN(S(=O)(=O)c2ccc(Cl)c(Cl)c2)CC1. The number of para-hydroxylation sites is 2. The fourth-order valence-electron chi connectivity index (χ4n) is 3.21. The summed E-state index contributed by atoms with van der Waals surface area (Å²) >= 11 is 11.8. The lowest BCUT2D eigenvalue weighted by Gasteiger charge is -2.34. The lowest BCUT2D eigenvalue weighted by Crippen LogP contribution is -2.50. The van der Waals surface area contributed by atoms with Crippen LogP contribution in [0.1, 0.15) is 6.42 Å². The van der Waals surface area contributed by atoms with Gasteiger partial charge in [0.25, 0.3) is 5.69 Å². The van der Waals surface area contributed by atoms with E-state index >= 15 is 0 Å². The molecule has 2 aromatic carbocycles. The van der Waals surface area contributed by atoms with Crippen molar-refractivity contribution in [3.05, 3.63) is 62.6 Å². The molecule has 1 amide bonds. The highest BCUT2D eigenvalue weighted by Crippen LogP contribution is 2.27. The number of nitro benzene ring substituents is 1. The van der Waals surface area contributed by atoms with E-state index in [0.717, 1.165) is 0 Å². The standard InChI is InChI=1S/C19H20Cl2N4O5S/c20-15-6-5-14(13-16(15)21)31(29,30)24-11-9-23(10-12-24)19(26)7-8-22-17-3-1-2-4-18(17)25(27)28/h1-6,13,22H,7-12H2. The molecule has 1 fully saturated rings. The number of amides is 1. The number of nitrogens with zero attached hydrogens (tertiary/aromatic N) is 3. The summed E-state index contributed by atoms with van der Waals surface area (Å²) in [5.41, 5.74) is 0.286. The number of rotatable bonds is 7. The number of nitrogens with one attached hydrogen (secondary N) is 1. The maximum absolute atomic E-state index is 12.8. The average molecular weight is 487 g/mol. The highest BCUT2D eigenvalue weighted by atomic mass is 35.5. The summed E-state index contributed by atoms with van der Waals surface area (Å²) in [5.74, 6) is -0.155. The van der Waals surface area contributed by atoms with Crippen molar-refractivity contribution in [3.8, 4) is 0 Å². The van der Waals surface area contributed by atoms with Crippen molar-refractivity contribution in [1.82, 2.24) is 9.21 Å². The third-order valence-electron chi connectivity index (χ3n) is 4.88. The molecule has 31 heavy (non-hydrogen) atoms. The minimum absolute atomic E-state index is 0.0512. The van der Waals surface area contributed by atoms with Gasteiger partial charge in [0.2, 0.25) is 15.9 Å². The first kappa shape index (κ1) is 23.3. The first-order chi connectivity index (χ1) is 14.7. The topological polar surface area (TPSA) is 113 Å². The van der Waals surface area contributed by atoms with Gasteiger partial charge in [-0.2, -0.15) is 4.31 Å². The zero-order chi connectivity index (χ0) is 22.6. The molecule has 0 radical (unpaired) electrons. The molecule has 0 aromatic heterocycles. The number of benzene rings is 2. The monoisotopic (exact) mass is 486 g/mol. The van der Waals surface area contributed by atoms with Gasteiger partial charge in [0.1, 0.15) is 5.69 Å². The smallest absolute Gasteiger partial charge is 0.292 e. The summed E-state index contributed by atoms with van der Waals surface area (Å²) in [4.78, 5) is 24.7. The number of sulfonamides is 1. The predicted molar refractivity (Wildman–Crippen MR) is 118 cm³/mol. The summed E-state index contributed by atoms with van der Waals surface area (Å²) < 4.78 is 26.9. The Morgan fingerprint density at radius 2 is 1.74 bits per heavy atom. The Morgan fingerprint density at radius 1 is 1.06 bits per heavy atom. The van der Waals surface area contributed by atoms with E-state index in [1.807, 2.05) is 0 Å². The van der Waals surface area contributed by atoms with E-state index in [2.05, 4.69) is 5.32 Å². The minimum Gasteiger partial charge on any atom is -0.379 e. The van der Waals surface area contributed by atoms with E-state index in [1.165, 1.54) is 28.6 Å². The molecule has 1 saturated heterocycles. The number of hydrogen-bond donors (Lipinski definition) is 1. The van der Waals surface area contributed by atoms with Gasteiger partial charge in [-0.15, -0.1) is 0 Å². The molecule has 1 N–H and O–H groups in total. The summed E-state index contributed by atoms with van der Waals surface area (Å²) in [6.07, 6.45) is 0.131. The van der Waals surface area contributed by atoms with Crippen LogP contribution in [-0.2, 0) is 14.8 Å². The van der Waals surface area contributed by atoms with Crippen LogP contribution in [0.5, 0.6) is 0 Å². The molecule has 0 unspecified atom stereocenters. The second-order valence-electron chi connectivity index (χ2n) is 6.81. The van der Waals surface area contributed by atoms with Crippen LogP contribution >= 0.6 is 23.2 Å². The summed E-state index contributed by atoms with van der Waals surface area (Å²) in [6.45, 7) is 1.05. The van der Waals surface area contributed by atoms with E-state index in [-0.39, 0.29) is 65.7 Å². The Hall–Kier alpha value is -2.40. The average Bonchev–Trinajstić information content (AvgIpc) is 2.75. The highest BCUT2D eigenvalue weighted by molar-refractivity contribution is 7.89. The molecule has 1 heterocycles. The number of nitro groups is 1. The number of hydrogen-bond acceptors (Lipinski definition) is 6. The lowest BCUT2D eigenvalue weighted by molar-refractivity contribution is -0.384. The van der Waals surface area contributed by atoms with E-state index in [4.69, 9.17) is 23.2 Å². The van der Waals surface area contributed by atoms with Crippen LogP contribution in [0.25, 0.3) is 0 Å².